The minimum atomic E-state index is -0.212. The maximum Gasteiger partial charge on any atom is 0.420 e. The third-order valence-corrected chi connectivity index (χ3v) is 6.41. The van der Waals surface area contributed by atoms with Gasteiger partial charge in [-0.2, -0.15) is 0 Å². The topological polar surface area (TPSA) is 38.4 Å². The maximum absolute atomic E-state index is 12.4. The molecule has 1 aromatic heterocycles. The molecule has 4 nitrogen and oxygen atoms in total. The number of nitrogens with zero attached hydrogens (tertiary/aromatic N) is 2. The van der Waals surface area contributed by atoms with Crippen LogP contribution in [0.25, 0.3) is 11.1 Å². The van der Waals surface area contributed by atoms with Gasteiger partial charge in [-0.15, -0.1) is 0 Å². The minimum Gasteiger partial charge on any atom is -0.408 e. The summed E-state index contributed by atoms with van der Waals surface area (Å²) >= 11 is 0. The van der Waals surface area contributed by atoms with E-state index in [4.69, 9.17) is 4.42 Å². The third kappa shape index (κ3) is 3.12. The molecule has 2 aromatic carbocycles. The van der Waals surface area contributed by atoms with Crippen molar-refractivity contribution in [1.82, 2.24) is 9.47 Å². The second-order valence-electron chi connectivity index (χ2n) is 8.03. The highest BCUT2D eigenvalue weighted by atomic mass is 16.4. The van der Waals surface area contributed by atoms with Crippen molar-refractivity contribution in [3.8, 4) is 0 Å². The molecule has 1 saturated heterocycles. The number of fused-ring (bicyclic) bond motifs is 2. The second kappa shape index (κ2) is 7.01. The highest BCUT2D eigenvalue weighted by Gasteiger charge is 2.27. The van der Waals surface area contributed by atoms with Crippen molar-refractivity contribution in [2.75, 3.05) is 19.6 Å². The summed E-state index contributed by atoms with van der Waals surface area (Å²) in [5.41, 5.74) is 4.73. The number of hydrogen-bond donors (Lipinski definition) is 0. The molecule has 0 saturated carbocycles. The normalized spacial score (nSPS) is 21.4. The van der Waals surface area contributed by atoms with Crippen molar-refractivity contribution in [2.24, 2.45) is 0 Å². The lowest BCUT2D eigenvalue weighted by Crippen LogP contribution is -2.39. The van der Waals surface area contributed by atoms with Crippen LogP contribution in [0.15, 0.2) is 57.7 Å². The molecule has 140 valence electrons. The van der Waals surface area contributed by atoms with Crippen LogP contribution in [0.1, 0.15) is 48.8 Å². The van der Waals surface area contributed by atoms with Gasteiger partial charge in [0.25, 0.3) is 0 Å². The third-order valence-electron chi connectivity index (χ3n) is 6.41. The van der Waals surface area contributed by atoms with Gasteiger partial charge in [0.2, 0.25) is 0 Å². The lowest BCUT2D eigenvalue weighted by molar-refractivity contribution is 0.171. The van der Waals surface area contributed by atoms with E-state index in [0.717, 1.165) is 38.0 Å². The quantitative estimate of drug-likeness (QED) is 0.695. The van der Waals surface area contributed by atoms with Crippen molar-refractivity contribution in [3.05, 3.63) is 70.2 Å². The van der Waals surface area contributed by atoms with Gasteiger partial charge in [-0.3, -0.25) is 4.57 Å². The van der Waals surface area contributed by atoms with Crippen molar-refractivity contribution >= 4 is 11.1 Å². The Morgan fingerprint density at radius 1 is 0.963 bits per heavy atom. The van der Waals surface area contributed by atoms with E-state index in [1.807, 2.05) is 28.8 Å². The summed E-state index contributed by atoms with van der Waals surface area (Å²) < 4.78 is 7.31. The minimum absolute atomic E-state index is 0.212. The molecule has 0 spiro atoms. The number of hydrogen-bond acceptors (Lipinski definition) is 3. The second-order valence-corrected chi connectivity index (χ2v) is 8.03. The van der Waals surface area contributed by atoms with E-state index < -0.39 is 0 Å². The van der Waals surface area contributed by atoms with Gasteiger partial charge in [0.05, 0.1) is 5.52 Å². The Morgan fingerprint density at radius 3 is 2.63 bits per heavy atom. The van der Waals surface area contributed by atoms with Gasteiger partial charge in [0.1, 0.15) is 0 Å². The van der Waals surface area contributed by atoms with Gasteiger partial charge >= 0.3 is 5.76 Å². The van der Waals surface area contributed by atoms with Gasteiger partial charge in [-0.25, -0.2) is 4.79 Å². The molecule has 2 aliphatic rings. The Morgan fingerprint density at radius 2 is 1.74 bits per heavy atom. The lowest BCUT2D eigenvalue weighted by Gasteiger charge is -2.36. The van der Waals surface area contributed by atoms with Crippen LogP contribution in [0.5, 0.6) is 0 Å². The first kappa shape index (κ1) is 16.8. The highest BCUT2D eigenvalue weighted by molar-refractivity contribution is 5.72. The molecule has 0 N–H and O–H groups in total. The number of benzene rings is 2. The molecule has 5 rings (SSSR count). The molecule has 1 aliphatic carbocycles. The van der Waals surface area contributed by atoms with Crippen LogP contribution in [-0.2, 0) is 6.42 Å². The molecule has 0 amide bonds. The SMILES string of the molecule is O=c1oc2ccccc2n1C1CCN(CC2CCCc3ccccc32)CC1. The molecule has 27 heavy (non-hydrogen) atoms. The summed E-state index contributed by atoms with van der Waals surface area (Å²) in [5.74, 6) is 0.444. The highest BCUT2D eigenvalue weighted by Crippen LogP contribution is 2.33. The summed E-state index contributed by atoms with van der Waals surface area (Å²) in [6, 6.07) is 17.0. The van der Waals surface area contributed by atoms with Crippen LogP contribution >= 0.6 is 0 Å². The summed E-state index contributed by atoms with van der Waals surface area (Å²) in [4.78, 5) is 15.0. The zero-order chi connectivity index (χ0) is 18.2. The van der Waals surface area contributed by atoms with E-state index in [2.05, 4.69) is 29.2 Å². The Labute approximate surface area is 159 Å². The molecule has 1 unspecified atom stereocenters. The molecule has 1 atom stereocenters. The molecule has 1 aliphatic heterocycles. The van der Waals surface area contributed by atoms with Gasteiger partial charge in [-0.1, -0.05) is 36.4 Å². The number of piperidine rings is 1. The van der Waals surface area contributed by atoms with Gasteiger partial charge in [-0.05, 0) is 61.3 Å². The Bertz CT molecular complexity index is 995. The summed E-state index contributed by atoms with van der Waals surface area (Å²) in [6.45, 7) is 3.25. The van der Waals surface area contributed by atoms with Crippen LogP contribution in [0, 0.1) is 0 Å². The summed E-state index contributed by atoms with van der Waals surface area (Å²) in [6.07, 6.45) is 5.85. The fraction of sp³-hybridized carbons (Fsp3) is 0.435. The smallest absolute Gasteiger partial charge is 0.408 e. The fourth-order valence-electron chi connectivity index (χ4n) is 5.05. The number of aromatic nitrogens is 1. The molecule has 0 radical (unpaired) electrons. The molecule has 2 heterocycles. The Balaban J connectivity index is 1.29. The van der Waals surface area contributed by atoms with E-state index in [-0.39, 0.29) is 11.8 Å². The van der Waals surface area contributed by atoms with Crippen LogP contribution in [0.3, 0.4) is 0 Å². The zero-order valence-electron chi connectivity index (χ0n) is 15.6. The molecule has 0 bridgehead atoms. The van der Waals surface area contributed by atoms with Crippen molar-refractivity contribution in [2.45, 2.75) is 44.1 Å². The fourth-order valence-corrected chi connectivity index (χ4v) is 5.05. The maximum atomic E-state index is 12.4. The monoisotopic (exact) mass is 362 g/mol. The molecule has 1 fully saturated rings. The van der Waals surface area contributed by atoms with Gasteiger partial charge in [0, 0.05) is 25.7 Å². The first-order valence-corrected chi connectivity index (χ1v) is 10.2. The predicted molar refractivity (Wildman–Crippen MR) is 107 cm³/mol. The van der Waals surface area contributed by atoms with E-state index >= 15 is 0 Å². The first-order valence-electron chi connectivity index (χ1n) is 10.2. The van der Waals surface area contributed by atoms with Crippen LogP contribution in [0.4, 0.5) is 0 Å². The number of aryl methyl sites for hydroxylation is 1. The van der Waals surface area contributed by atoms with Crippen LogP contribution in [-0.4, -0.2) is 29.1 Å². The summed E-state index contributed by atoms with van der Waals surface area (Å²) in [5, 5.41) is 0. The largest absolute Gasteiger partial charge is 0.420 e. The average molecular weight is 362 g/mol. The van der Waals surface area contributed by atoms with E-state index in [1.54, 1.807) is 11.1 Å². The Kier molecular flexibility index (Phi) is 4.36. The molecular weight excluding hydrogens is 336 g/mol. The number of rotatable bonds is 3. The van der Waals surface area contributed by atoms with Gasteiger partial charge < -0.3 is 9.32 Å². The average Bonchev–Trinajstić information content (AvgIpc) is 3.05. The van der Waals surface area contributed by atoms with E-state index in [0.29, 0.717) is 11.5 Å². The van der Waals surface area contributed by atoms with E-state index in [9.17, 15) is 4.79 Å². The molecule has 3 aromatic rings. The number of para-hydroxylation sites is 2. The van der Waals surface area contributed by atoms with E-state index in [1.165, 1.54) is 19.3 Å². The standard InChI is InChI=1S/C23H26N2O2/c26-23-25(21-10-3-4-11-22(21)27-23)19-12-14-24(15-13-19)16-18-8-5-7-17-6-1-2-9-20(17)18/h1-4,6,9-11,18-19H,5,7-8,12-16H2. The van der Waals surface area contributed by atoms with Crippen molar-refractivity contribution in [3.63, 3.8) is 0 Å². The number of likely N-dealkylation sites (tertiary alicyclic amines) is 1. The summed E-state index contributed by atoms with van der Waals surface area (Å²) in [7, 11) is 0. The lowest BCUT2D eigenvalue weighted by atomic mass is 9.82. The van der Waals surface area contributed by atoms with Crippen molar-refractivity contribution in [1.29, 1.82) is 0 Å². The van der Waals surface area contributed by atoms with Gasteiger partial charge in [0.15, 0.2) is 5.58 Å². The van der Waals surface area contributed by atoms with Crippen LogP contribution < -0.4 is 5.76 Å². The van der Waals surface area contributed by atoms with Crippen LogP contribution in [0.2, 0.25) is 0 Å². The Hall–Kier alpha value is -2.33. The number of oxazole rings is 1. The molecule has 4 heteroatoms. The molecular formula is C23H26N2O2. The van der Waals surface area contributed by atoms with Crippen molar-refractivity contribution < 1.29 is 4.42 Å². The zero-order valence-corrected chi connectivity index (χ0v) is 15.6. The predicted octanol–water partition coefficient (Wildman–Crippen LogP) is 4.35. The first-order chi connectivity index (χ1) is 13.3.